The molecular weight excluding hydrogens is 532 g/mol. The van der Waals surface area contributed by atoms with Crippen molar-refractivity contribution < 1.29 is 23.9 Å². The first-order valence-electron chi connectivity index (χ1n) is 12.9. The van der Waals surface area contributed by atoms with Crippen molar-refractivity contribution in [2.75, 3.05) is 30.0 Å². The van der Waals surface area contributed by atoms with Gasteiger partial charge in [0.1, 0.15) is 10.8 Å². The number of para-hydroxylation sites is 1. The molecule has 2 aromatic carbocycles. The fourth-order valence-electron chi connectivity index (χ4n) is 4.71. The average Bonchev–Trinajstić information content (AvgIpc) is 3.54. The van der Waals surface area contributed by atoms with Crippen LogP contribution in [0.2, 0.25) is 0 Å². The van der Waals surface area contributed by atoms with E-state index in [-0.39, 0.29) is 52.9 Å². The van der Waals surface area contributed by atoms with Gasteiger partial charge >= 0.3 is 5.97 Å². The Bertz CT molecular complexity index is 1660. The molecule has 0 saturated carbocycles. The molecule has 10 nitrogen and oxygen atoms in total. The van der Waals surface area contributed by atoms with Crippen LogP contribution in [0.5, 0.6) is 5.75 Å². The van der Waals surface area contributed by atoms with Crippen LogP contribution in [0.25, 0.3) is 16.5 Å². The molecule has 2 aromatic heterocycles. The molecule has 206 valence electrons. The number of esters is 1. The van der Waals surface area contributed by atoms with E-state index < -0.39 is 17.4 Å². The van der Waals surface area contributed by atoms with E-state index in [1.807, 2.05) is 38.1 Å². The van der Waals surface area contributed by atoms with E-state index in [0.717, 1.165) is 27.3 Å². The second-order valence-electron chi connectivity index (χ2n) is 9.25. The summed E-state index contributed by atoms with van der Waals surface area (Å²) < 4.78 is 11.8. The van der Waals surface area contributed by atoms with Gasteiger partial charge < -0.3 is 19.7 Å². The summed E-state index contributed by atoms with van der Waals surface area (Å²) in [5.74, 6) is -1.19. The number of rotatable bonds is 8. The van der Waals surface area contributed by atoms with Crippen molar-refractivity contribution in [3.63, 3.8) is 0 Å². The van der Waals surface area contributed by atoms with E-state index >= 15 is 0 Å². The molecule has 40 heavy (non-hydrogen) atoms. The van der Waals surface area contributed by atoms with Crippen LogP contribution in [-0.2, 0) is 14.3 Å². The fraction of sp³-hybridized carbons (Fsp3) is 0.276. The molecule has 4 aromatic rings. The van der Waals surface area contributed by atoms with Crippen LogP contribution in [0.3, 0.4) is 0 Å². The number of nitrogens with one attached hydrogen (secondary N) is 1. The Morgan fingerprint density at radius 3 is 2.52 bits per heavy atom. The third kappa shape index (κ3) is 5.07. The lowest BCUT2D eigenvalue weighted by Crippen LogP contribution is -2.29. The molecule has 3 heterocycles. The molecule has 1 saturated heterocycles. The van der Waals surface area contributed by atoms with Crippen molar-refractivity contribution in [1.82, 2.24) is 9.78 Å². The summed E-state index contributed by atoms with van der Waals surface area (Å²) >= 11 is 1.12. The quantitative estimate of drug-likeness (QED) is 0.319. The molecule has 2 amide bonds. The summed E-state index contributed by atoms with van der Waals surface area (Å²) in [6.45, 7) is 6.31. The second kappa shape index (κ2) is 11.3. The maximum absolute atomic E-state index is 13.7. The van der Waals surface area contributed by atoms with E-state index in [4.69, 9.17) is 9.47 Å². The first-order chi connectivity index (χ1) is 19.3. The lowest BCUT2D eigenvalue weighted by Gasteiger charge is -2.18. The Morgan fingerprint density at radius 1 is 1.07 bits per heavy atom. The lowest BCUT2D eigenvalue weighted by molar-refractivity contribution is -0.122. The summed E-state index contributed by atoms with van der Waals surface area (Å²) in [6.07, 6.45) is 0.0511. The molecule has 1 aliphatic rings. The number of ether oxygens (including phenoxy) is 2. The van der Waals surface area contributed by atoms with E-state index in [9.17, 15) is 19.2 Å². The number of hydrogen-bond acceptors (Lipinski definition) is 8. The second-order valence-corrected chi connectivity index (χ2v) is 10.1. The van der Waals surface area contributed by atoms with Crippen LogP contribution in [0.4, 0.5) is 10.7 Å². The Morgan fingerprint density at radius 2 is 1.82 bits per heavy atom. The molecule has 1 aliphatic heterocycles. The van der Waals surface area contributed by atoms with Crippen LogP contribution in [0.1, 0.15) is 36.3 Å². The Labute approximate surface area is 234 Å². The van der Waals surface area contributed by atoms with Crippen molar-refractivity contribution in [2.24, 2.45) is 5.92 Å². The smallest absolute Gasteiger partial charge is 0.359 e. The minimum absolute atomic E-state index is 0.0381. The van der Waals surface area contributed by atoms with Gasteiger partial charge in [0.2, 0.25) is 11.8 Å². The normalized spacial score (nSPS) is 14.9. The average molecular weight is 561 g/mol. The number of nitrogens with zero attached hydrogens (tertiary/aromatic N) is 3. The molecule has 1 unspecified atom stereocenters. The maximum Gasteiger partial charge on any atom is 0.359 e. The summed E-state index contributed by atoms with van der Waals surface area (Å²) in [5, 5.41) is 9.49. The first-order valence-corrected chi connectivity index (χ1v) is 13.8. The van der Waals surface area contributed by atoms with Gasteiger partial charge in [-0.05, 0) is 56.7 Å². The van der Waals surface area contributed by atoms with Crippen molar-refractivity contribution in [3.8, 4) is 11.4 Å². The minimum Gasteiger partial charge on any atom is -0.494 e. The fourth-order valence-corrected chi connectivity index (χ4v) is 5.65. The highest BCUT2D eigenvalue weighted by Crippen LogP contribution is 2.33. The molecule has 0 radical (unpaired) electrons. The highest BCUT2D eigenvalue weighted by atomic mass is 32.1. The predicted molar refractivity (Wildman–Crippen MR) is 153 cm³/mol. The summed E-state index contributed by atoms with van der Waals surface area (Å²) in [5.41, 5.74) is 1.58. The van der Waals surface area contributed by atoms with Crippen molar-refractivity contribution >= 4 is 50.6 Å². The number of carbonyl (C=O) groups excluding carboxylic acids is 3. The third-order valence-electron chi connectivity index (χ3n) is 6.65. The number of thiophene rings is 1. The maximum atomic E-state index is 13.7. The zero-order chi connectivity index (χ0) is 28.4. The van der Waals surface area contributed by atoms with Crippen molar-refractivity contribution in [3.05, 3.63) is 75.5 Å². The van der Waals surface area contributed by atoms with Crippen LogP contribution in [-0.4, -0.2) is 47.3 Å². The van der Waals surface area contributed by atoms with E-state index in [1.54, 1.807) is 41.5 Å². The number of anilines is 2. The Hall–Kier alpha value is -4.51. The van der Waals surface area contributed by atoms with Crippen molar-refractivity contribution in [1.29, 1.82) is 0 Å². The van der Waals surface area contributed by atoms with E-state index in [1.165, 1.54) is 0 Å². The largest absolute Gasteiger partial charge is 0.494 e. The van der Waals surface area contributed by atoms with Crippen LogP contribution in [0.15, 0.2) is 58.7 Å². The van der Waals surface area contributed by atoms with Gasteiger partial charge in [0, 0.05) is 29.4 Å². The molecule has 5 rings (SSSR count). The Balaban J connectivity index is 1.50. The highest BCUT2D eigenvalue weighted by Gasteiger charge is 2.36. The number of fused-ring (bicyclic) bond motifs is 1. The van der Waals surface area contributed by atoms with Gasteiger partial charge in [-0.3, -0.25) is 14.4 Å². The monoisotopic (exact) mass is 560 g/mol. The van der Waals surface area contributed by atoms with Gasteiger partial charge in [-0.1, -0.05) is 18.2 Å². The van der Waals surface area contributed by atoms with E-state index in [2.05, 4.69) is 10.4 Å². The molecule has 11 heteroatoms. The SMILES string of the molecule is CCOC(=O)c1nn(-c2ccc(OCC)cc2)c(=O)c2c(NC(=O)C3CC(=O)N(c4ccccc4C)C3)scc12. The molecule has 0 aliphatic carbocycles. The number of aromatic nitrogens is 2. The number of carbonyl (C=O) groups is 3. The van der Waals surface area contributed by atoms with Crippen LogP contribution >= 0.6 is 11.3 Å². The summed E-state index contributed by atoms with van der Waals surface area (Å²) in [4.78, 5) is 54.3. The molecule has 1 fully saturated rings. The zero-order valence-electron chi connectivity index (χ0n) is 22.3. The van der Waals surface area contributed by atoms with E-state index in [0.29, 0.717) is 18.0 Å². The zero-order valence-corrected chi connectivity index (χ0v) is 23.1. The van der Waals surface area contributed by atoms with Gasteiger partial charge in [0.15, 0.2) is 5.69 Å². The Kier molecular flexibility index (Phi) is 7.65. The molecule has 0 spiro atoms. The number of amides is 2. The van der Waals surface area contributed by atoms with Gasteiger partial charge in [0.25, 0.3) is 5.56 Å². The van der Waals surface area contributed by atoms with Gasteiger partial charge in [-0.2, -0.15) is 9.78 Å². The summed E-state index contributed by atoms with van der Waals surface area (Å²) in [7, 11) is 0. The number of benzene rings is 2. The standard InChI is InChI=1S/C29H28N4O6S/c1-4-38-20-12-10-19(11-13-20)33-28(36)24-21(25(31-33)29(37)39-5-2)16-40-27(24)30-26(35)18-14-23(34)32(15-18)22-9-7-6-8-17(22)3/h6-13,16,18H,4-5,14-15H2,1-3H3,(H,30,35). The highest BCUT2D eigenvalue weighted by molar-refractivity contribution is 7.16. The summed E-state index contributed by atoms with van der Waals surface area (Å²) in [6, 6.07) is 14.2. The lowest BCUT2D eigenvalue weighted by atomic mass is 10.1. The minimum atomic E-state index is -0.682. The molecule has 1 N–H and O–H groups in total. The topological polar surface area (TPSA) is 120 Å². The van der Waals surface area contributed by atoms with Crippen LogP contribution < -0.4 is 20.5 Å². The van der Waals surface area contributed by atoms with Gasteiger partial charge in [-0.15, -0.1) is 11.3 Å². The number of hydrogen-bond donors (Lipinski definition) is 1. The first kappa shape index (κ1) is 27.1. The van der Waals surface area contributed by atoms with Gasteiger partial charge in [0.05, 0.1) is 30.2 Å². The van der Waals surface area contributed by atoms with Crippen molar-refractivity contribution in [2.45, 2.75) is 27.2 Å². The number of aryl methyl sites for hydroxylation is 1. The molecule has 1 atom stereocenters. The third-order valence-corrected chi connectivity index (χ3v) is 7.55. The predicted octanol–water partition coefficient (Wildman–Crippen LogP) is 4.32. The molecular formula is C29H28N4O6S. The van der Waals surface area contributed by atoms with Gasteiger partial charge in [-0.25, -0.2) is 4.79 Å². The van der Waals surface area contributed by atoms with Crippen LogP contribution in [0, 0.1) is 12.8 Å². The molecule has 0 bridgehead atoms.